The number of aromatic amines is 1. The summed E-state index contributed by atoms with van der Waals surface area (Å²) in [5.41, 5.74) is -1.09. The van der Waals surface area contributed by atoms with Gasteiger partial charge in [-0.15, -0.1) is 0 Å². The molecular weight excluding hydrogens is 324 g/mol. The van der Waals surface area contributed by atoms with Crippen LogP contribution in [0.25, 0.3) is 0 Å². The van der Waals surface area contributed by atoms with Crippen molar-refractivity contribution >= 4 is 5.91 Å². The summed E-state index contributed by atoms with van der Waals surface area (Å²) in [4.78, 5) is 43.7. The van der Waals surface area contributed by atoms with Crippen LogP contribution in [-0.2, 0) is 0 Å². The zero-order valence-electron chi connectivity index (χ0n) is 14.1. The first-order chi connectivity index (χ1) is 11.8. The Hall–Kier alpha value is -2.74. The molecule has 0 aliphatic carbocycles. The summed E-state index contributed by atoms with van der Waals surface area (Å²) >= 11 is 0. The lowest BCUT2D eigenvalue weighted by atomic mass is 9.88. The highest BCUT2D eigenvalue weighted by atomic mass is 16.3. The Balaban J connectivity index is 1.82. The highest BCUT2D eigenvalue weighted by molar-refractivity contribution is 5.94. The van der Waals surface area contributed by atoms with E-state index < -0.39 is 22.9 Å². The second-order valence-electron chi connectivity index (χ2n) is 6.59. The molecule has 25 heavy (non-hydrogen) atoms. The molecule has 0 saturated carbocycles. The number of rotatable bonds is 2. The third kappa shape index (κ3) is 3.39. The zero-order chi connectivity index (χ0) is 18.2. The fourth-order valence-electron chi connectivity index (χ4n) is 3.22. The Kier molecular flexibility index (Phi) is 4.30. The number of aromatic nitrogens is 3. The highest BCUT2D eigenvalue weighted by Crippen LogP contribution is 2.31. The van der Waals surface area contributed by atoms with E-state index in [-0.39, 0.29) is 12.5 Å². The van der Waals surface area contributed by atoms with E-state index in [1.165, 1.54) is 23.0 Å². The number of aryl methyl sites for hydroxylation is 1. The molecule has 1 saturated heterocycles. The third-order valence-corrected chi connectivity index (χ3v) is 4.53. The van der Waals surface area contributed by atoms with Gasteiger partial charge in [0.25, 0.3) is 11.5 Å². The van der Waals surface area contributed by atoms with E-state index in [0.29, 0.717) is 18.5 Å². The fourth-order valence-corrected chi connectivity index (χ4v) is 3.22. The monoisotopic (exact) mass is 344 g/mol. The molecule has 2 atom stereocenters. The molecule has 3 heterocycles. The van der Waals surface area contributed by atoms with Crippen LogP contribution < -0.4 is 11.2 Å². The molecule has 1 fully saturated rings. The number of piperidine rings is 1. The van der Waals surface area contributed by atoms with Crippen LogP contribution in [0.3, 0.4) is 0 Å². The van der Waals surface area contributed by atoms with Crippen LogP contribution in [0, 0.1) is 6.92 Å². The Labute approximate surface area is 143 Å². The average Bonchev–Trinajstić information content (AvgIpc) is 2.55. The molecule has 1 aliphatic heterocycles. The van der Waals surface area contributed by atoms with Gasteiger partial charge in [-0.2, -0.15) is 0 Å². The molecule has 2 N–H and O–H groups in total. The minimum Gasteiger partial charge on any atom is -0.386 e. The first-order valence-electron chi connectivity index (χ1n) is 8.04. The van der Waals surface area contributed by atoms with Crippen molar-refractivity contribution in [1.29, 1.82) is 0 Å². The van der Waals surface area contributed by atoms with Crippen LogP contribution in [0.1, 0.15) is 35.4 Å². The number of H-pyrrole nitrogens is 1. The molecule has 8 nitrogen and oxygen atoms in total. The van der Waals surface area contributed by atoms with E-state index in [9.17, 15) is 19.5 Å². The number of nitrogens with zero attached hydrogens (tertiary/aromatic N) is 3. The van der Waals surface area contributed by atoms with Crippen molar-refractivity contribution in [3.63, 3.8) is 0 Å². The number of β-amino-alcohol motifs (C(OH)–C–C–N with tert-alkyl or cyclic N) is 1. The molecule has 0 bridgehead atoms. The summed E-state index contributed by atoms with van der Waals surface area (Å²) in [6.45, 7) is 3.89. The fraction of sp³-hybridized carbons (Fsp3) is 0.412. The van der Waals surface area contributed by atoms with Gasteiger partial charge in [0, 0.05) is 30.7 Å². The number of nitrogens with one attached hydrogen (secondary N) is 1. The predicted molar refractivity (Wildman–Crippen MR) is 90.5 cm³/mol. The van der Waals surface area contributed by atoms with Crippen molar-refractivity contribution in [2.45, 2.75) is 31.9 Å². The summed E-state index contributed by atoms with van der Waals surface area (Å²) in [5.74, 6) is -0.208. The molecule has 2 aromatic rings. The molecule has 2 aromatic heterocycles. The van der Waals surface area contributed by atoms with Crippen LogP contribution in [0.15, 0.2) is 40.2 Å². The average molecular weight is 344 g/mol. The van der Waals surface area contributed by atoms with Gasteiger partial charge in [-0.05, 0) is 32.4 Å². The molecule has 3 rings (SSSR count). The molecule has 0 unspecified atom stereocenters. The zero-order valence-corrected chi connectivity index (χ0v) is 14.1. The summed E-state index contributed by atoms with van der Waals surface area (Å²) in [6.07, 6.45) is 3.29. The van der Waals surface area contributed by atoms with Gasteiger partial charge in [-0.1, -0.05) is 0 Å². The standard InChI is InChI=1S/C17H20N4O4/c1-11-3-4-12(9-18-11)15(23)20-7-5-13(17(2,25)10-20)21-8-6-14(22)19-16(21)24/h3-4,6,8-9,13,25H,5,7,10H2,1-2H3,(H,19,22,24)/t13-,17-/m1/s1. The number of carbonyl (C=O) groups is 1. The van der Waals surface area contributed by atoms with Crippen LogP contribution in [0.2, 0.25) is 0 Å². The summed E-state index contributed by atoms with van der Waals surface area (Å²) in [7, 11) is 0. The quantitative estimate of drug-likeness (QED) is 0.802. The van der Waals surface area contributed by atoms with E-state index >= 15 is 0 Å². The van der Waals surface area contributed by atoms with Gasteiger partial charge in [-0.25, -0.2) is 4.79 Å². The Morgan fingerprint density at radius 2 is 2.12 bits per heavy atom. The Bertz CT molecular complexity index is 898. The van der Waals surface area contributed by atoms with Gasteiger partial charge in [0.05, 0.1) is 18.2 Å². The lowest BCUT2D eigenvalue weighted by Gasteiger charge is -2.43. The van der Waals surface area contributed by atoms with E-state index in [2.05, 4.69) is 9.97 Å². The number of likely N-dealkylation sites (tertiary alicyclic amines) is 1. The topological polar surface area (TPSA) is 108 Å². The third-order valence-electron chi connectivity index (χ3n) is 4.53. The summed E-state index contributed by atoms with van der Waals surface area (Å²) < 4.78 is 1.32. The number of hydrogen-bond donors (Lipinski definition) is 2. The summed E-state index contributed by atoms with van der Waals surface area (Å²) in [6, 6.07) is 4.18. The molecular formula is C17H20N4O4. The molecule has 8 heteroatoms. The maximum absolute atomic E-state index is 12.6. The van der Waals surface area contributed by atoms with Gasteiger partial charge >= 0.3 is 5.69 Å². The molecule has 0 spiro atoms. The lowest BCUT2D eigenvalue weighted by Crippen LogP contribution is -2.56. The van der Waals surface area contributed by atoms with Crippen LogP contribution >= 0.6 is 0 Å². The number of amides is 1. The number of hydrogen-bond acceptors (Lipinski definition) is 5. The SMILES string of the molecule is Cc1ccc(C(=O)N2CC[C@@H](n3ccc(=O)[nH]c3=O)[C@](C)(O)C2)cn1. The largest absolute Gasteiger partial charge is 0.386 e. The summed E-state index contributed by atoms with van der Waals surface area (Å²) in [5, 5.41) is 10.8. The van der Waals surface area contributed by atoms with Crippen molar-refractivity contribution in [3.05, 3.63) is 62.7 Å². The van der Waals surface area contributed by atoms with Crippen molar-refractivity contribution in [3.8, 4) is 0 Å². The van der Waals surface area contributed by atoms with E-state index in [1.807, 2.05) is 6.92 Å². The number of carbonyl (C=O) groups excluding carboxylic acids is 1. The Morgan fingerprint density at radius 3 is 2.72 bits per heavy atom. The predicted octanol–water partition coefficient (Wildman–Crippen LogP) is 0.0782. The first kappa shape index (κ1) is 17.1. The van der Waals surface area contributed by atoms with Crippen LogP contribution in [0.4, 0.5) is 0 Å². The van der Waals surface area contributed by atoms with E-state index in [4.69, 9.17) is 0 Å². The molecule has 1 amide bonds. The lowest BCUT2D eigenvalue weighted by molar-refractivity contribution is -0.0503. The second kappa shape index (κ2) is 6.29. The van der Waals surface area contributed by atoms with Crippen LogP contribution in [0.5, 0.6) is 0 Å². The first-order valence-corrected chi connectivity index (χ1v) is 8.04. The normalized spacial score (nSPS) is 23.5. The van der Waals surface area contributed by atoms with Crippen molar-refractivity contribution in [2.24, 2.45) is 0 Å². The van der Waals surface area contributed by atoms with Gasteiger partial charge in [0.2, 0.25) is 0 Å². The molecule has 0 aromatic carbocycles. The van der Waals surface area contributed by atoms with Crippen LogP contribution in [-0.4, -0.2) is 49.1 Å². The van der Waals surface area contributed by atoms with Gasteiger partial charge < -0.3 is 10.0 Å². The van der Waals surface area contributed by atoms with Gasteiger partial charge in [-0.3, -0.25) is 24.1 Å². The molecule has 132 valence electrons. The maximum atomic E-state index is 12.6. The highest BCUT2D eigenvalue weighted by Gasteiger charge is 2.41. The second-order valence-corrected chi connectivity index (χ2v) is 6.59. The minimum absolute atomic E-state index is 0.0793. The number of pyridine rings is 1. The Morgan fingerprint density at radius 1 is 1.36 bits per heavy atom. The van der Waals surface area contributed by atoms with Crippen molar-refractivity contribution in [1.82, 2.24) is 19.4 Å². The van der Waals surface area contributed by atoms with E-state index in [1.54, 1.807) is 24.0 Å². The van der Waals surface area contributed by atoms with Crippen molar-refractivity contribution in [2.75, 3.05) is 13.1 Å². The number of aliphatic hydroxyl groups is 1. The smallest absolute Gasteiger partial charge is 0.328 e. The molecule has 0 radical (unpaired) electrons. The van der Waals surface area contributed by atoms with Gasteiger partial charge in [0.1, 0.15) is 5.60 Å². The minimum atomic E-state index is -1.31. The van der Waals surface area contributed by atoms with E-state index in [0.717, 1.165) is 5.69 Å². The van der Waals surface area contributed by atoms with Gasteiger partial charge in [0.15, 0.2) is 0 Å². The molecule has 1 aliphatic rings. The maximum Gasteiger partial charge on any atom is 0.328 e. The van der Waals surface area contributed by atoms with Crippen molar-refractivity contribution < 1.29 is 9.90 Å².